The van der Waals surface area contributed by atoms with Crippen molar-refractivity contribution in [3.05, 3.63) is 18.5 Å². The van der Waals surface area contributed by atoms with E-state index in [1.807, 2.05) is 21.8 Å². The van der Waals surface area contributed by atoms with Gasteiger partial charge in [-0.25, -0.2) is 0 Å². The van der Waals surface area contributed by atoms with Crippen LogP contribution in [-0.4, -0.2) is 46.3 Å². The first kappa shape index (κ1) is 15.0. The molecule has 0 radical (unpaired) electrons. The number of amides is 1. The number of carbonyl (C=O) groups is 1. The highest BCUT2D eigenvalue weighted by molar-refractivity contribution is 5.76. The molecule has 0 aromatic carbocycles. The fourth-order valence-electron chi connectivity index (χ4n) is 2.75. The molecule has 112 valence electrons. The Bertz CT molecular complexity index is 396. The lowest BCUT2D eigenvalue weighted by atomic mass is 9.98. The Hall–Kier alpha value is -1.36. The summed E-state index contributed by atoms with van der Waals surface area (Å²) in [6.45, 7) is 7.89. The molecular weight excluding hydrogens is 252 g/mol. The molecule has 2 heterocycles. The first-order valence-corrected chi connectivity index (χ1v) is 7.64. The van der Waals surface area contributed by atoms with Crippen LogP contribution in [0.2, 0.25) is 0 Å². The molecule has 1 aromatic rings. The number of nitrogens with one attached hydrogen (secondary N) is 1. The van der Waals surface area contributed by atoms with Gasteiger partial charge in [0.1, 0.15) is 0 Å². The lowest BCUT2D eigenvalue weighted by Crippen LogP contribution is -2.44. The highest BCUT2D eigenvalue weighted by atomic mass is 16.2. The first-order chi connectivity index (χ1) is 9.66. The van der Waals surface area contributed by atoms with Gasteiger partial charge in [0, 0.05) is 37.9 Å². The quantitative estimate of drug-likeness (QED) is 0.858. The minimum atomic E-state index is 0.237. The summed E-state index contributed by atoms with van der Waals surface area (Å²) in [5.41, 5.74) is 0. The molecular formula is C15H26N4O. The van der Waals surface area contributed by atoms with Gasteiger partial charge >= 0.3 is 0 Å². The predicted octanol–water partition coefficient (Wildman–Crippen LogP) is 1.51. The molecule has 5 nitrogen and oxygen atoms in total. The van der Waals surface area contributed by atoms with E-state index in [4.69, 9.17) is 0 Å². The number of piperidine rings is 1. The maximum absolute atomic E-state index is 12.4. The summed E-state index contributed by atoms with van der Waals surface area (Å²) < 4.78 is 1.82. The highest BCUT2D eigenvalue weighted by Gasteiger charge is 2.22. The topological polar surface area (TPSA) is 50.2 Å². The molecule has 1 aliphatic rings. The second kappa shape index (κ2) is 7.43. The maximum Gasteiger partial charge on any atom is 0.224 e. The van der Waals surface area contributed by atoms with Gasteiger partial charge in [-0.1, -0.05) is 0 Å². The Morgan fingerprint density at radius 3 is 3.00 bits per heavy atom. The first-order valence-electron chi connectivity index (χ1n) is 7.64. The molecule has 1 atom stereocenters. The molecule has 1 amide bonds. The van der Waals surface area contributed by atoms with E-state index < -0.39 is 0 Å². The minimum Gasteiger partial charge on any atom is -0.340 e. The summed E-state index contributed by atoms with van der Waals surface area (Å²) >= 11 is 0. The number of carbonyl (C=O) groups excluding carboxylic acids is 1. The van der Waals surface area contributed by atoms with Gasteiger partial charge in [0.2, 0.25) is 5.91 Å². The van der Waals surface area contributed by atoms with Gasteiger partial charge < -0.3 is 10.2 Å². The van der Waals surface area contributed by atoms with Crippen molar-refractivity contribution in [1.82, 2.24) is 20.0 Å². The van der Waals surface area contributed by atoms with Crippen molar-refractivity contribution in [2.75, 3.05) is 19.6 Å². The zero-order valence-corrected chi connectivity index (χ0v) is 12.6. The molecule has 0 saturated carbocycles. The van der Waals surface area contributed by atoms with Crippen LogP contribution in [0.1, 0.15) is 33.1 Å². The van der Waals surface area contributed by atoms with Gasteiger partial charge in [0.15, 0.2) is 0 Å². The van der Waals surface area contributed by atoms with Crippen molar-refractivity contribution in [3.63, 3.8) is 0 Å². The smallest absolute Gasteiger partial charge is 0.224 e. The fourth-order valence-corrected chi connectivity index (χ4v) is 2.75. The highest BCUT2D eigenvalue weighted by Crippen LogP contribution is 2.14. The maximum atomic E-state index is 12.4. The average molecular weight is 278 g/mol. The monoisotopic (exact) mass is 278 g/mol. The van der Waals surface area contributed by atoms with Crippen molar-refractivity contribution in [2.24, 2.45) is 5.92 Å². The third kappa shape index (κ3) is 4.34. The van der Waals surface area contributed by atoms with E-state index in [0.717, 1.165) is 19.6 Å². The molecule has 1 saturated heterocycles. The van der Waals surface area contributed by atoms with E-state index in [-0.39, 0.29) is 11.9 Å². The van der Waals surface area contributed by atoms with E-state index in [1.165, 1.54) is 12.8 Å². The molecule has 1 aromatic heterocycles. The summed E-state index contributed by atoms with van der Waals surface area (Å²) in [7, 11) is 0. The SMILES string of the molecule is CC(C)N(CC1CCCNC1)C(=O)CCn1cccn1. The van der Waals surface area contributed by atoms with Gasteiger partial charge in [0.05, 0.1) is 0 Å². The van der Waals surface area contributed by atoms with E-state index in [1.54, 1.807) is 6.20 Å². The molecule has 5 heteroatoms. The van der Waals surface area contributed by atoms with Crippen molar-refractivity contribution in [2.45, 2.75) is 45.7 Å². The molecule has 2 rings (SSSR count). The lowest BCUT2D eigenvalue weighted by Gasteiger charge is -2.33. The van der Waals surface area contributed by atoms with Gasteiger partial charge in [-0.15, -0.1) is 0 Å². The molecule has 1 fully saturated rings. The van der Waals surface area contributed by atoms with Crippen LogP contribution >= 0.6 is 0 Å². The standard InChI is InChI=1S/C15H26N4O/c1-13(2)19(12-14-5-3-7-16-11-14)15(20)6-10-18-9-4-8-17-18/h4,8-9,13-14,16H,3,5-7,10-12H2,1-2H3. The van der Waals surface area contributed by atoms with E-state index in [0.29, 0.717) is 18.9 Å². The Kier molecular flexibility index (Phi) is 5.59. The largest absolute Gasteiger partial charge is 0.340 e. The third-order valence-corrected chi connectivity index (χ3v) is 3.91. The predicted molar refractivity (Wildman–Crippen MR) is 79.3 cm³/mol. The van der Waals surface area contributed by atoms with Crippen LogP contribution in [-0.2, 0) is 11.3 Å². The number of aromatic nitrogens is 2. The number of hydrogen-bond acceptors (Lipinski definition) is 3. The van der Waals surface area contributed by atoms with E-state index in [9.17, 15) is 4.79 Å². The number of aryl methyl sites for hydroxylation is 1. The molecule has 0 spiro atoms. The summed E-state index contributed by atoms with van der Waals surface area (Å²) in [4.78, 5) is 14.4. The zero-order chi connectivity index (χ0) is 14.4. The van der Waals surface area contributed by atoms with Gasteiger partial charge in [-0.05, 0) is 51.8 Å². The van der Waals surface area contributed by atoms with Gasteiger partial charge in [-0.3, -0.25) is 9.48 Å². The second-order valence-electron chi connectivity index (χ2n) is 5.87. The Labute approximate surface area is 121 Å². The molecule has 20 heavy (non-hydrogen) atoms. The summed E-state index contributed by atoms with van der Waals surface area (Å²) in [5.74, 6) is 0.834. The van der Waals surface area contributed by atoms with Crippen molar-refractivity contribution in [1.29, 1.82) is 0 Å². The summed E-state index contributed by atoms with van der Waals surface area (Å²) in [6.07, 6.45) is 6.62. The average Bonchev–Trinajstić information content (AvgIpc) is 2.96. The summed E-state index contributed by atoms with van der Waals surface area (Å²) in [5, 5.41) is 7.56. The molecule has 1 aliphatic heterocycles. The van der Waals surface area contributed by atoms with Crippen LogP contribution in [0, 0.1) is 5.92 Å². The van der Waals surface area contributed by atoms with E-state index in [2.05, 4.69) is 24.3 Å². The number of hydrogen-bond donors (Lipinski definition) is 1. The lowest BCUT2D eigenvalue weighted by molar-refractivity contribution is -0.134. The fraction of sp³-hybridized carbons (Fsp3) is 0.733. The van der Waals surface area contributed by atoms with Crippen molar-refractivity contribution in [3.8, 4) is 0 Å². The van der Waals surface area contributed by atoms with Crippen LogP contribution in [0.5, 0.6) is 0 Å². The molecule has 1 unspecified atom stereocenters. The van der Waals surface area contributed by atoms with Gasteiger partial charge in [0.25, 0.3) is 0 Å². The number of nitrogens with zero attached hydrogens (tertiary/aromatic N) is 3. The zero-order valence-electron chi connectivity index (χ0n) is 12.6. The normalized spacial score (nSPS) is 19.2. The molecule has 0 bridgehead atoms. The van der Waals surface area contributed by atoms with Crippen molar-refractivity contribution >= 4 is 5.91 Å². The second-order valence-corrected chi connectivity index (χ2v) is 5.87. The van der Waals surface area contributed by atoms with Crippen LogP contribution in [0.15, 0.2) is 18.5 Å². The van der Waals surface area contributed by atoms with Crippen molar-refractivity contribution < 1.29 is 4.79 Å². The van der Waals surface area contributed by atoms with Crippen LogP contribution in [0.3, 0.4) is 0 Å². The Morgan fingerprint density at radius 1 is 1.55 bits per heavy atom. The minimum absolute atomic E-state index is 0.237. The van der Waals surface area contributed by atoms with Gasteiger partial charge in [-0.2, -0.15) is 5.10 Å². The van der Waals surface area contributed by atoms with E-state index >= 15 is 0 Å². The van der Waals surface area contributed by atoms with Crippen LogP contribution < -0.4 is 5.32 Å². The summed E-state index contributed by atoms with van der Waals surface area (Å²) in [6, 6.07) is 2.15. The third-order valence-electron chi connectivity index (χ3n) is 3.91. The Balaban J connectivity index is 1.84. The van der Waals surface area contributed by atoms with Crippen LogP contribution in [0.25, 0.3) is 0 Å². The molecule has 0 aliphatic carbocycles. The Morgan fingerprint density at radius 2 is 2.40 bits per heavy atom. The van der Waals surface area contributed by atoms with Crippen LogP contribution in [0.4, 0.5) is 0 Å². The number of rotatable bonds is 6. The molecule has 1 N–H and O–H groups in total.